The van der Waals surface area contributed by atoms with Gasteiger partial charge in [0.1, 0.15) is 10.8 Å². The van der Waals surface area contributed by atoms with E-state index in [9.17, 15) is 0 Å². The lowest BCUT2D eigenvalue weighted by atomic mass is 10.00. The third-order valence-electron chi connectivity index (χ3n) is 4.39. The molecule has 2 aromatic rings. The molecule has 3 rings (SSSR count). The molecule has 1 N–H and O–H groups in total. The molecular formula is C20H22ClN3S. The zero-order valence-electron chi connectivity index (χ0n) is 15.0. The van der Waals surface area contributed by atoms with E-state index < -0.39 is 0 Å². The van der Waals surface area contributed by atoms with Gasteiger partial charge in [-0.1, -0.05) is 36.7 Å². The summed E-state index contributed by atoms with van der Waals surface area (Å²) in [4.78, 5) is 8.26. The number of aliphatic imine (C=N–C) groups is 1. The molecular weight excluding hydrogens is 350 g/mol. The van der Waals surface area contributed by atoms with Crippen molar-refractivity contribution >= 4 is 39.5 Å². The fourth-order valence-electron chi connectivity index (χ4n) is 3.09. The van der Waals surface area contributed by atoms with Gasteiger partial charge in [0, 0.05) is 26.7 Å². The number of rotatable bonds is 2. The summed E-state index contributed by atoms with van der Waals surface area (Å²) in [7, 11) is 0. The van der Waals surface area contributed by atoms with E-state index in [4.69, 9.17) is 22.0 Å². The van der Waals surface area contributed by atoms with Crippen molar-refractivity contribution < 1.29 is 0 Å². The van der Waals surface area contributed by atoms with Gasteiger partial charge >= 0.3 is 0 Å². The first-order valence-electron chi connectivity index (χ1n) is 8.39. The number of hydrogen-bond donors (Lipinski definition) is 1. The molecule has 0 saturated carbocycles. The van der Waals surface area contributed by atoms with Crippen molar-refractivity contribution in [1.29, 1.82) is 5.41 Å². The van der Waals surface area contributed by atoms with Gasteiger partial charge in [0.15, 0.2) is 0 Å². The molecule has 0 amide bonds. The molecule has 0 bridgehead atoms. The van der Waals surface area contributed by atoms with Crippen LogP contribution in [0.3, 0.4) is 0 Å². The monoisotopic (exact) mass is 371 g/mol. The molecule has 5 heteroatoms. The topological polar surface area (TPSA) is 39.5 Å². The van der Waals surface area contributed by atoms with Crippen LogP contribution in [0.5, 0.6) is 0 Å². The molecule has 3 nitrogen and oxygen atoms in total. The molecule has 0 aliphatic carbocycles. The number of hydrogen-bond acceptors (Lipinski definition) is 3. The second-order valence-corrected chi connectivity index (χ2v) is 7.80. The molecule has 0 unspecified atom stereocenters. The summed E-state index contributed by atoms with van der Waals surface area (Å²) in [5.41, 5.74) is 5.49. The Morgan fingerprint density at radius 1 is 1.32 bits per heavy atom. The largest absolute Gasteiger partial charge is 0.292 e. The number of allylic oxidation sites excluding steroid dienone is 1. The van der Waals surface area contributed by atoms with Gasteiger partial charge in [0.05, 0.1) is 12.3 Å². The Hall–Kier alpha value is -1.91. The summed E-state index contributed by atoms with van der Waals surface area (Å²) in [5.74, 6) is 0.523. The average molecular weight is 372 g/mol. The minimum Gasteiger partial charge on any atom is -0.292 e. The standard InChI is InChI=1S/C20H22ClN3S/c1-5-6-17-11-23-19(15-7-9-16(21)10-8-15)18-12(2)13(3)25-20(18)24(17)14(4)22/h6-10,22H,5,11H2,1-4H3/b17-6+,22-14?. The van der Waals surface area contributed by atoms with Crippen molar-refractivity contribution in [2.75, 3.05) is 11.4 Å². The molecule has 0 spiro atoms. The SMILES string of the molecule is CC/C=C1\CN=C(c2ccc(Cl)cc2)c2c(sc(C)c2C)N1C(C)=N. The number of amidine groups is 1. The molecule has 0 saturated heterocycles. The second-order valence-electron chi connectivity index (χ2n) is 6.16. The number of aryl methyl sites for hydroxylation is 1. The zero-order chi connectivity index (χ0) is 18.1. The summed E-state index contributed by atoms with van der Waals surface area (Å²) in [6, 6.07) is 7.85. The summed E-state index contributed by atoms with van der Waals surface area (Å²) < 4.78 is 0. The molecule has 1 aromatic heterocycles. The van der Waals surface area contributed by atoms with Gasteiger partial charge in [-0.05, 0) is 44.9 Å². The minimum absolute atomic E-state index is 0.523. The summed E-state index contributed by atoms with van der Waals surface area (Å²) in [6.07, 6.45) is 3.09. The molecule has 0 radical (unpaired) electrons. The highest BCUT2D eigenvalue weighted by Crippen LogP contribution is 2.40. The van der Waals surface area contributed by atoms with Crippen LogP contribution < -0.4 is 4.90 Å². The Labute approximate surface area is 158 Å². The van der Waals surface area contributed by atoms with Gasteiger partial charge in [-0.15, -0.1) is 11.3 Å². The van der Waals surface area contributed by atoms with E-state index in [1.165, 1.54) is 10.4 Å². The van der Waals surface area contributed by atoms with Crippen LogP contribution in [0.4, 0.5) is 5.00 Å². The first-order chi connectivity index (χ1) is 11.9. The van der Waals surface area contributed by atoms with Crippen LogP contribution in [0.1, 0.15) is 41.8 Å². The summed E-state index contributed by atoms with van der Waals surface area (Å²) in [6.45, 7) is 8.80. The predicted octanol–water partition coefficient (Wildman–Crippen LogP) is 5.97. The Morgan fingerprint density at radius 3 is 2.60 bits per heavy atom. The van der Waals surface area contributed by atoms with Crippen LogP contribution in [-0.4, -0.2) is 18.1 Å². The first-order valence-corrected chi connectivity index (χ1v) is 9.58. The van der Waals surface area contributed by atoms with Crippen LogP contribution in [0.25, 0.3) is 0 Å². The lowest BCUT2D eigenvalue weighted by molar-refractivity contribution is 1.04. The van der Waals surface area contributed by atoms with E-state index in [1.807, 2.05) is 31.2 Å². The predicted molar refractivity (Wildman–Crippen MR) is 110 cm³/mol. The molecule has 1 aliphatic heterocycles. The van der Waals surface area contributed by atoms with E-state index in [0.29, 0.717) is 12.4 Å². The number of thiophene rings is 1. The first kappa shape index (κ1) is 17.9. The fraction of sp³-hybridized carbons (Fsp3) is 0.300. The third-order valence-corrected chi connectivity index (χ3v) is 5.83. The number of nitrogens with zero attached hydrogens (tertiary/aromatic N) is 2. The van der Waals surface area contributed by atoms with E-state index in [1.54, 1.807) is 11.3 Å². The number of anilines is 1. The highest BCUT2D eigenvalue weighted by atomic mass is 35.5. The van der Waals surface area contributed by atoms with Crippen LogP contribution in [0.2, 0.25) is 5.02 Å². The number of halogens is 1. The molecule has 2 heterocycles. The summed E-state index contributed by atoms with van der Waals surface area (Å²) >= 11 is 7.80. The maximum absolute atomic E-state index is 8.33. The maximum atomic E-state index is 8.33. The van der Waals surface area contributed by atoms with Gasteiger partial charge < -0.3 is 0 Å². The molecule has 130 valence electrons. The van der Waals surface area contributed by atoms with Crippen LogP contribution >= 0.6 is 22.9 Å². The van der Waals surface area contributed by atoms with E-state index in [-0.39, 0.29) is 0 Å². The van der Waals surface area contributed by atoms with Crippen LogP contribution in [-0.2, 0) is 0 Å². The van der Waals surface area contributed by atoms with Crippen molar-refractivity contribution in [2.24, 2.45) is 4.99 Å². The Morgan fingerprint density at radius 2 is 2.00 bits per heavy atom. The van der Waals surface area contributed by atoms with Gasteiger partial charge in [0.25, 0.3) is 0 Å². The van der Waals surface area contributed by atoms with E-state index in [0.717, 1.165) is 39.0 Å². The van der Waals surface area contributed by atoms with Gasteiger partial charge in [-0.25, -0.2) is 0 Å². The van der Waals surface area contributed by atoms with Crippen LogP contribution in [0, 0.1) is 19.3 Å². The van der Waals surface area contributed by atoms with Gasteiger partial charge in [0.2, 0.25) is 0 Å². The van der Waals surface area contributed by atoms with Gasteiger partial charge in [-0.3, -0.25) is 15.3 Å². The lowest BCUT2D eigenvalue weighted by Crippen LogP contribution is -2.27. The highest BCUT2D eigenvalue weighted by Gasteiger charge is 2.28. The molecule has 0 fully saturated rings. The Bertz CT molecular complexity index is 875. The third kappa shape index (κ3) is 3.29. The Kier molecular flexibility index (Phi) is 5.11. The van der Waals surface area contributed by atoms with Crippen LogP contribution in [0.15, 0.2) is 41.0 Å². The molecule has 25 heavy (non-hydrogen) atoms. The number of nitrogens with one attached hydrogen (secondary N) is 1. The molecule has 1 aliphatic rings. The zero-order valence-corrected chi connectivity index (χ0v) is 16.6. The average Bonchev–Trinajstić information content (AvgIpc) is 2.76. The number of fused-ring (bicyclic) bond motifs is 1. The Balaban J connectivity index is 2.27. The maximum Gasteiger partial charge on any atom is 0.111 e. The summed E-state index contributed by atoms with van der Waals surface area (Å²) in [5, 5.41) is 10.1. The van der Waals surface area contributed by atoms with E-state index in [2.05, 4.69) is 31.7 Å². The fourth-order valence-corrected chi connectivity index (χ4v) is 4.46. The van der Waals surface area contributed by atoms with Crippen molar-refractivity contribution in [1.82, 2.24) is 0 Å². The van der Waals surface area contributed by atoms with Crippen molar-refractivity contribution in [3.63, 3.8) is 0 Å². The van der Waals surface area contributed by atoms with Crippen molar-refractivity contribution in [3.05, 3.63) is 62.6 Å². The van der Waals surface area contributed by atoms with Gasteiger partial charge in [-0.2, -0.15) is 0 Å². The molecule has 1 aromatic carbocycles. The normalized spacial score (nSPS) is 15.8. The van der Waals surface area contributed by atoms with Crippen molar-refractivity contribution in [3.8, 4) is 0 Å². The lowest BCUT2D eigenvalue weighted by Gasteiger charge is -2.23. The smallest absolute Gasteiger partial charge is 0.111 e. The highest BCUT2D eigenvalue weighted by molar-refractivity contribution is 7.17. The van der Waals surface area contributed by atoms with E-state index >= 15 is 0 Å². The van der Waals surface area contributed by atoms with Crippen molar-refractivity contribution in [2.45, 2.75) is 34.1 Å². The molecule has 0 atom stereocenters. The minimum atomic E-state index is 0.523. The number of benzene rings is 1. The quantitative estimate of drug-likeness (QED) is 0.512. The second kappa shape index (κ2) is 7.14.